The molecule has 2 heteroatoms. The molecule has 1 atom stereocenters. The van der Waals surface area contributed by atoms with E-state index in [9.17, 15) is 9.50 Å². The fourth-order valence-electron chi connectivity index (χ4n) is 2.53. The van der Waals surface area contributed by atoms with E-state index in [0.29, 0.717) is 11.1 Å². The van der Waals surface area contributed by atoms with E-state index >= 15 is 0 Å². The summed E-state index contributed by atoms with van der Waals surface area (Å²) >= 11 is 0. The minimum atomic E-state index is -0.474. The third-order valence-electron chi connectivity index (χ3n) is 3.32. The van der Waals surface area contributed by atoms with Gasteiger partial charge in [-0.1, -0.05) is 12.5 Å². The van der Waals surface area contributed by atoms with Gasteiger partial charge < -0.3 is 5.11 Å². The number of halogens is 1. The first kappa shape index (κ1) is 10.6. The maximum atomic E-state index is 13.7. The molecule has 0 fully saturated rings. The molecular formula is C13H17FO. The van der Waals surface area contributed by atoms with E-state index in [2.05, 4.69) is 0 Å². The second kappa shape index (κ2) is 3.93. The maximum absolute atomic E-state index is 13.7. The number of fused-ring (bicyclic) bond motifs is 1. The minimum absolute atomic E-state index is 0.158. The van der Waals surface area contributed by atoms with Crippen LogP contribution in [0, 0.1) is 19.7 Å². The molecule has 1 nitrogen and oxygen atoms in total. The number of aryl methyl sites for hydroxylation is 2. The Morgan fingerprint density at radius 3 is 2.80 bits per heavy atom. The number of aliphatic hydroxyl groups excluding tert-OH is 1. The zero-order chi connectivity index (χ0) is 11.0. The first-order valence-electron chi connectivity index (χ1n) is 5.58. The van der Waals surface area contributed by atoms with Gasteiger partial charge in [-0.25, -0.2) is 4.39 Å². The van der Waals surface area contributed by atoms with Gasteiger partial charge in [-0.15, -0.1) is 0 Å². The van der Waals surface area contributed by atoms with E-state index in [4.69, 9.17) is 0 Å². The molecule has 0 amide bonds. The number of benzene rings is 1. The van der Waals surface area contributed by atoms with Crippen LogP contribution in [0.5, 0.6) is 0 Å². The predicted molar refractivity (Wildman–Crippen MR) is 58.4 cm³/mol. The summed E-state index contributed by atoms with van der Waals surface area (Å²) in [5.74, 6) is -0.158. The summed E-state index contributed by atoms with van der Waals surface area (Å²) < 4.78 is 13.7. The summed E-state index contributed by atoms with van der Waals surface area (Å²) in [4.78, 5) is 0. The molecule has 0 saturated heterocycles. The van der Waals surface area contributed by atoms with Crippen LogP contribution in [0.3, 0.4) is 0 Å². The van der Waals surface area contributed by atoms with Crippen LogP contribution in [0.2, 0.25) is 0 Å². The van der Waals surface area contributed by atoms with Gasteiger partial charge in [0.05, 0.1) is 6.10 Å². The molecule has 0 bridgehead atoms. The highest BCUT2D eigenvalue weighted by molar-refractivity contribution is 5.41. The second-order valence-corrected chi connectivity index (χ2v) is 4.47. The van der Waals surface area contributed by atoms with Gasteiger partial charge in [-0.2, -0.15) is 0 Å². The fraction of sp³-hybridized carbons (Fsp3) is 0.538. The summed E-state index contributed by atoms with van der Waals surface area (Å²) in [6.45, 7) is 3.57. The standard InChI is InChI=1S/C13H17FO/c1-8-7-10-5-3-4-6-11(15)12(10)9(2)13(8)14/h7,11,15H,3-6H2,1-2H3/t11-/m0/s1. The number of rotatable bonds is 0. The average Bonchev–Trinajstić information content (AvgIpc) is 2.37. The first-order chi connectivity index (χ1) is 7.11. The predicted octanol–water partition coefficient (Wildman–Crippen LogP) is 3.20. The Labute approximate surface area is 89.9 Å². The molecule has 1 aliphatic carbocycles. The van der Waals surface area contributed by atoms with Gasteiger partial charge in [0.25, 0.3) is 0 Å². The Balaban J connectivity index is 2.61. The van der Waals surface area contributed by atoms with Crippen LogP contribution in [0.4, 0.5) is 4.39 Å². The van der Waals surface area contributed by atoms with Crippen molar-refractivity contribution in [3.05, 3.63) is 34.1 Å². The highest BCUT2D eigenvalue weighted by atomic mass is 19.1. The molecule has 0 unspecified atom stereocenters. The lowest BCUT2D eigenvalue weighted by molar-refractivity contribution is 0.165. The van der Waals surface area contributed by atoms with Gasteiger partial charge >= 0.3 is 0 Å². The Hall–Kier alpha value is -0.890. The molecule has 1 aromatic rings. The average molecular weight is 208 g/mol. The van der Waals surface area contributed by atoms with Crippen LogP contribution in [-0.2, 0) is 6.42 Å². The van der Waals surface area contributed by atoms with E-state index in [1.54, 1.807) is 13.8 Å². The third-order valence-corrected chi connectivity index (χ3v) is 3.32. The molecular weight excluding hydrogens is 191 g/mol. The Bertz CT molecular complexity index is 385. The second-order valence-electron chi connectivity index (χ2n) is 4.47. The van der Waals surface area contributed by atoms with Crippen molar-refractivity contribution in [3.63, 3.8) is 0 Å². The molecule has 1 aromatic carbocycles. The molecule has 0 aliphatic heterocycles. The normalized spacial score (nSPS) is 20.9. The molecule has 0 saturated carbocycles. The van der Waals surface area contributed by atoms with E-state index in [-0.39, 0.29) is 5.82 Å². The van der Waals surface area contributed by atoms with Crippen LogP contribution < -0.4 is 0 Å². The topological polar surface area (TPSA) is 20.2 Å². The molecule has 15 heavy (non-hydrogen) atoms. The van der Waals surface area contributed by atoms with Crippen molar-refractivity contribution >= 4 is 0 Å². The summed E-state index contributed by atoms with van der Waals surface area (Å²) in [7, 11) is 0. The van der Waals surface area contributed by atoms with Crippen molar-refractivity contribution in [2.75, 3.05) is 0 Å². The van der Waals surface area contributed by atoms with Gasteiger partial charge in [0.1, 0.15) is 5.82 Å². The van der Waals surface area contributed by atoms with Gasteiger partial charge in [0.2, 0.25) is 0 Å². The van der Waals surface area contributed by atoms with Gasteiger partial charge in [0, 0.05) is 0 Å². The molecule has 0 spiro atoms. The zero-order valence-electron chi connectivity index (χ0n) is 9.31. The summed E-state index contributed by atoms with van der Waals surface area (Å²) in [6, 6.07) is 1.90. The van der Waals surface area contributed by atoms with Crippen molar-refractivity contribution in [2.24, 2.45) is 0 Å². The summed E-state index contributed by atoms with van der Waals surface area (Å²) in [5.41, 5.74) is 3.31. The van der Waals surface area contributed by atoms with E-state index in [0.717, 1.165) is 36.8 Å². The molecule has 0 aromatic heterocycles. The summed E-state index contributed by atoms with van der Waals surface area (Å²) in [6.07, 6.45) is 3.37. The van der Waals surface area contributed by atoms with Crippen molar-refractivity contribution in [2.45, 2.75) is 45.6 Å². The molecule has 0 radical (unpaired) electrons. The van der Waals surface area contributed by atoms with Crippen LogP contribution in [0.1, 0.15) is 47.6 Å². The molecule has 2 rings (SSSR count). The molecule has 1 aliphatic rings. The maximum Gasteiger partial charge on any atom is 0.129 e. The summed E-state index contributed by atoms with van der Waals surface area (Å²) in [5, 5.41) is 9.97. The SMILES string of the molecule is Cc1cc2c(c(C)c1F)[C@@H](O)CCCC2. The lowest BCUT2D eigenvalue weighted by atomic mass is 9.93. The monoisotopic (exact) mass is 208 g/mol. The first-order valence-corrected chi connectivity index (χ1v) is 5.58. The highest BCUT2D eigenvalue weighted by Gasteiger charge is 2.21. The lowest BCUT2D eigenvalue weighted by Crippen LogP contribution is -2.05. The van der Waals surface area contributed by atoms with Gasteiger partial charge in [-0.3, -0.25) is 0 Å². The smallest absolute Gasteiger partial charge is 0.129 e. The highest BCUT2D eigenvalue weighted by Crippen LogP contribution is 2.33. The van der Waals surface area contributed by atoms with Gasteiger partial charge in [-0.05, 0) is 55.4 Å². The van der Waals surface area contributed by atoms with Crippen molar-refractivity contribution < 1.29 is 9.50 Å². The van der Waals surface area contributed by atoms with Crippen molar-refractivity contribution in [1.29, 1.82) is 0 Å². The molecule has 0 heterocycles. The van der Waals surface area contributed by atoms with Crippen LogP contribution in [0.25, 0.3) is 0 Å². The van der Waals surface area contributed by atoms with E-state index in [1.165, 1.54) is 0 Å². The third kappa shape index (κ3) is 1.78. The van der Waals surface area contributed by atoms with Crippen LogP contribution in [-0.4, -0.2) is 5.11 Å². The molecule has 82 valence electrons. The van der Waals surface area contributed by atoms with Crippen molar-refractivity contribution in [1.82, 2.24) is 0 Å². The van der Waals surface area contributed by atoms with Crippen LogP contribution >= 0.6 is 0 Å². The quantitative estimate of drug-likeness (QED) is 0.649. The van der Waals surface area contributed by atoms with E-state index in [1.807, 2.05) is 6.07 Å². The largest absolute Gasteiger partial charge is 0.388 e. The number of hydrogen-bond donors (Lipinski definition) is 1. The van der Waals surface area contributed by atoms with Crippen molar-refractivity contribution in [3.8, 4) is 0 Å². The number of hydrogen-bond acceptors (Lipinski definition) is 1. The lowest BCUT2D eigenvalue weighted by Gasteiger charge is -2.16. The fourth-order valence-corrected chi connectivity index (χ4v) is 2.53. The Kier molecular flexibility index (Phi) is 2.79. The Morgan fingerprint density at radius 2 is 2.07 bits per heavy atom. The van der Waals surface area contributed by atoms with E-state index < -0.39 is 6.10 Å². The minimum Gasteiger partial charge on any atom is -0.388 e. The van der Waals surface area contributed by atoms with Gasteiger partial charge in [0.15, 0.2) is 0 Å². The number of aliphatic hydroxyl groups is 1. The van der Waals surface area contributed by atoms with Crippen LogP contribution in [0.15, 0.2) is 6.07 Å². The zero-order valence-corrected chi connectivity index (χ0v) is 9.31. The molecule has 1 N–H and O–H groups in total. The Morgan fingerprint density at radius 1 is 1.33 bits per heavy atom.